The van der Waals surface area contributed by atoms with Crippen molar-refractivity contribution in [3.8, 4) is 11.5 Å². The third kappa shape index (κ3) is 4.66. The van der Waals surface area contributed by atoms with E-state index in [0.717, 1.165) is 19.3 Å². The molecule has 0 unspecified atom stereocenters. The fourth-order valence-corrected chi connectivity index (χ4v) is 1.99. The molecule has 0 spiro atoms. The van der Waals surface area contributed by atoms with Crippen LogP contribution in [-0.2, 0) is 9.59 Å². The maximum Gasteiger partial charge on any atom is 0.233 e. The number of fused-ring (bicyclic) bond motifs is 1. The van der Waals surface area contributed by atoms with Crippen LogP contribution in [0.5, 0.6) is 11.5 Å². The molecule has 0 saturated heterocycles. The van der Waals surface area contributed by atoms with E-state index >= 15 is 0 Å². The van der Waals surface area contributed by atoms with Gasteiger partial charge in [0.1, 0.15) is 6.42 Å². The monoisotopic (exact) mass is 292 g/mol. The SMILES string of the molecule is CCCCCNC(=O)CC(=O)Nc1ccc2c(c1)OCO2. The molecule has 2 rings (SSSR count). The predicted octanol–water partition coefficient (Wildman–Crippen LogP) is 2.05. The molecule has 1 aromatic carbocycles. The molecule has 0 radical (unpaired) electrons. The second-order valence-electron chi connectivity index (χ2n) is 4.85. The van der Waals surface area contributed by atoms with E-state index in [9.17, 15) is 9.59 Å². The summed E-state index contributed by atoms with van der Waals surface area (Å²) in [6, 6.07) is 5.12. The van der Waals surface area contributed by atoms with Crippen molar-refractivity contribution in [1.29, 1.82) is 0 Å². The summed E-state index contributed by atoms with van der Waals surface area (Å²) in [6.07, 6.45) is 2.93. The average molecular weight is 292 g/mol. The molecule has 1 aromatic rings. The Morgan fingerprint density at radius 2 is 1.95 bits per heavy atom. The Hall–Kier alpha value is -2.24. The summed E-state index contributed by atoms with van der Waals surface area (Å²) in [5, 5.41) is 5.40. The first-order valence-corrected chi connectivity index (χ1v) is 7.15. The lowest BCUT2D eigenvalue weighted by Gasteiger charge is -2.07. The van der Waals surface area contributed by atoms with E-state index in [4.69, 9.17) is 9.47 Å². The zero-order valence-electron chi connectivity index (χ0n) is 12.1. The Balaban J connectivity index is 1.75. The zero-order valence-corrected chi connectivity index (χ0v) is 12.1. The van der Waals surface area contributed by atoms with Crippen LogP contribution in [0, 0.1) is 0 Å². The summed E-state index contributed by atoms with van der Waals surface area (Å²) in [4.78, 5) is 23.3. The maximum atomic E-state index is 11.8. The smallest absolute Gasteiger partial charge is 0.233 e. The minimum atomic E-state index is -0.346. The van der Waals surface area contributed by atoms with Gasteiger partial charge in [0, 0.05) is 18.3 Å². The molecule has 1 aliphatic heterocycles. The number of benzene rings is 1. The molecule has 114 valence electrons. The topological polar surface area (TPSA) is 76.7 Å². The Bertz CT molecular complexity index is 516. The third-order valence-electron chi connectivity index (χ3n) is 3.08. The normalized spacial score (nSPS) is 12.0. The van der Waals surface area contributed by atoms with Gasteiger partial charge >= 0.3 is 0 Å². The van der Waals surface area contributed by atoms with Crippen LogP contribution in [-0.4, -0.2) is 25.2 Å². The van der Waals surface area contributed by atoms with Gasteiger partial charge in [-0.05, 0) is 18.6 Å². The second-order valence-corrected chi connectivity index (χ2v) is 4.85. The van der Waals surface area contributed by atoms with Gasteiger partial charge in [-0.25, -0.2) is 0 Å². The number of rotatable bonds is 7. The molecule has 1 heterocycles. The fraction of sp³-hybridized carbons (Fsp3) is 0.467. The summed E-state index contributed by atoms with van der Waals surface area (Å²) >= 11 is 0. The summed E-state index contributed by atoms with van der Waals surface area (Å²) < 4.78 is 10.4. The Kier molecular flexibility index (Phi) is 5.43. The van der Waals surface area contributed by atoms with E-state index in [1.54, 1.807) is 18.2 Å². The Morgan fingerprint density at radius 3 is 2.76 bits per heavy atom. The largest absolute Gasteiger partial charge is 0.454 e. The lowest BCUT2D eigenvalue weighted by molar-refractivity contribution is -0.126. The number of carbonyl (C=O) groups excluding carboxylic acids is 2. The molecule has 0 saturated carbocycles. The first kappa shape index (κ1) is 15.2. The number of carbonyl (C=O) groups is 2. The predicted molar refractivity (Wildman–Crippen MR) is 78.3 cm³/mol. The molecule has 0 aromatic heterocycles. The van der Waals surface area contributed by atoms with Gasteiger partial charge in [-0.1, -0.05) is 19.8 Å². The van der Waals surface area contributed by atoms with Gasteiger partial charge in [-0.15, -0.1) is 0 Å². The number of ether oxygens (including phenoxy) is 2. The molecule has 0 fully saturated rings. The average Bonchev–Trinajstić information content (AvgIpc) is 2.91. The van der Waals surface area contributed by atoms with Crippen LogP contribution < -0.4 is 20.1 Å². The van der Waals surface area contributed by atoms with E-state index in [1.807, 2.05) is 0 Å². The van der Waals surface area contributed by atoms with E-state index < -0.39 is 0 Å². The van der Waals surface area contributed by atoms with E-state index in [-0.39, 0.29) is 25.0 Å². The van der Waals surface area contributed by atoms with E-state index in [2.05, 4.69) is 17.6 Å². The minimum absolute atomic E-state index is 0.180. The van der Waals surface area contributed by atoms with Gasteiger partial charge in [0.15, 0.2) is 11.5 Å². The summed E-state index contributed by atoms with van der Waals surface area (Å²) in [5.74, 6) is 0.643. The standard InChI is InChI=1S/C15H20N2O4/c1-2-3-4-7-16-14(18)9-15(19)17-11-5-6-12-13(8-11)21-10-20-12/h5-6,8H,2-4,7,9-10H2,1H3,(H,16,18)(H,17,19). The van der Waals surface area contributed by atoms with Crippen LogP contribution in [0.1, 0.15) is 32.6 Å². The fourth-order valence-electron chi connectivity index (χ4n) is 1.99. The number of nitrogens with one attached hydrogen (secondary N) is 2. The van der Waals surface area contributed by atoms with Gasteiger partial charge in [-0.3, -0.25) is 9.59 Å². The highest BCUT2D eigenvalue weighted by Gasteiger charge is 2.15. The van der Waals surface area contributed by atoms with Gasteiger partial charge in [0.25, 0.3) is 0 Å². The molecule has 0 atom stereocenters. The lowest BCUT2D eigenvalue weighted by atomic mass is 10.2. The Labute approximate surface area is 123 Å². The summed E-state index contributed by atoms with van der Waals surface area (Å²) in [7, 11) is 0. The minimum Gasteiger partial charge on any atom is -0.454 e. The highest BCUT2D eigenvalue weighted by atomic mass is 16.7. The first-order chi connectivity index (χ1) is 10.2. The Morgan fingerprint density at radius 1 is 1.14 bits per heavy atom. The van der Waals surface area contributed by atoms with Crippen molar-refractivity contribution < 1.29 is 19.1 Å². The van der Waals surface area contributed by atoms with Gasteiger partial charge in [-0.2, -0.15) is 0 Å². The number of unbranched alkanes of at least 4 members (excludes halogenated alkanes) is 2. The molecular weight excluding hydrogens is 272 g/mol. The highest BCUT2D eigenvalue weighted by Crippen LogP contribution is 2.34. The van der Waals surface area contributed by atoms with Crippen LogP contribution in [0.2, 0.25) is 0 Å². The molecular formula is C15H20N2O4. The number of amides is 2. The van der Waals surface area contributed by atoms with Crippen molar-refractivity contribution in [3.05, 3.63) is 18.2 Å². The molecule has 6 nitrogen and oxygen atoms in total. The zero-order chi connectivity index (χ0) is 15.1. The third-order valence-corrected chi connectivity index (χ3v) is 3.08. The maximum absolute atomic E-state index is 11.8. The van der Waals surface area contributed by atoms with Crippen molar-refractivity contribution in [2.75, 3.05) is 18.7 Å². The highest BCUT2D eigenvalue weighted by molar-refractivity contribution is 6.03. The van der Waals surface area contributed by atoms with Gasteiger partial charge in [0.05, 0.1) is 0 Å². The molecule has 6 heteroatoms. The van der Waals surface area contributed by atoms with Crippen LogP contribution in [0.3, 0.4) is 0 Å². The molecule has 2 amide bonds. The van der Waals surface area contributed by atoms with Crippen LogP contribution in [0.15, 0.2) is 18.2 Å². The number of hydrogen-bond donors (Lipinski definition) is 2. The van der Waals surface area contributed by atoms with Crippen LogP contribution in [0.4, 0.5) is 5.69 Å². The van der Waals surface area contributed by atoms with Gasteiger partial charge < -0.3 is 20.1 Å². The number of hydrogen-bond acceptors (Lipinski definition) is 4. The van der Waals surface area contributed by atoms with E-state index in [0.29, 0.717) is 23.7 Å². The summed E-state index contributed by atoms with van der Waals surface area (Å²) in [5.41, 5.74) is 0.586. The lowest BCUT2D eigenvalue weighted by Crippen LogP contribution is -2.28. The van der Waals surface area contributed by atoms with Crippen LogP contribution >= 0.6 is 0 Å². The van der Waals surface area contributed by atoms with Crippen molar-refractivity contribution >= 4 is 17.5 Å². The van der Waals surface area contributed by atoms with Gasteiger partial charge in [0.2, 0.25) is 18.6 Å². The van der Waals surface area contributed by atoms with Crippen molar-refractivity contribution in [2.45, 2.75) is 32.6 Å². The molecule has 0 aliphatic carbocycles. The first-order valence-electron chi connectivity index (χ1n) is 7.15. The van der Waals surface area contributed by atoms with Crippen molar-refractivity contribution in [2.24, 2.45) is 0 Å². The van der Waals surface area contributed by atoms with Crippen LogP contribution in [0.25, 0.3) is 0 Å². The molecule has 0 bridgehead atoms. The van der Waals surface area contributed by atoms with Crippen molar-refractivity contribution in [3.63, 3.8) is 0 Å². The molecule has 2 N–H and O–H groups in total. The summed E-state index contributed by atoms with van der Waals surface area (Å²) in [6.45, 7) is 2.90. The number of anilines is 1. The van der Waals surface area contributed by atoms with E-state index in [1.165, 1.54) is 0 Å². The second kappa shape index (κ2) is 7.52. The molecule has 1 aliphatic rings. The molecule has 21 heavy (non-hydrogen) atoms. The quantitative estimate of drug-likeness (QED) is 0.595. The van der Waals surface area contributed by atoms with Crippen molar-refractivity contribution in [1.82, 2.24) is 5.32 Å².